The van der Waals surface area contributed by atoms with Gasteiger partial charge in [0.15, 0.2) is 0 Å². The van der Waals surface area contributed by atoms with Gasteiger partial charge in [0.2, 0.25) is 0 Å². The van der Waals surface area contributed by atoms with Gasteiger partial charge >= 0.3 is 0 Å². The van der Waals surface area contributed by atoms with E-state index in [1.54, 1.807) is 0 Å². The van der Waals surface area contributed by atoms with Gasteiger partial charge in [-0.25, -0.2) is 0 Å². The summed E-state index contributed by atoms with van der Waals surface area (Å²) in [6.07, 6.45) is 12.5. The first-order chi connectivity index (χ1) is 6.40. The van der Waals surface area contributed by atoms with E-state index in [0.717, 1.165) is 36.4 Å². The Balaban J connectivity index is 1.87. The largest absolute Gasteiger partial charge is 0.303 e. The highest BCUT2D eigenvalue weighted by Crippen LogP contribution is 2.55. The molecule has 0 amide bonds. The van der Waals surface area contributed by atoms with Crippen LogP contribution in [0.2, 0.25) is 0 Å². The average molecular weight is 174 g/mol. The molecule has 0 saturated heterocycles. The molecule has 5 atom stereocenters. The summed E-state index contributed by atoms with van der Waals surface area (Å²) >= 11 is 0. The Labute approximate surface area is 78.5 Å². The Morgan fingerprint density at radius 3 is 2.85 bits per heavy atom. The third kappa shape index (κ3) is 0.903. The molecule has 1 saturated carbocycles. The molecule has 1 fully saturated rings. The molecule has 0 radical (unpaired) electrons. The summed E-state index contributed by atoms with van der Waals surface area (Å²) in [6, 6.07) is 0. The minimum atomic E-state index is 0.544. The first-order valence-electron chi connectivity index (χ1n) is 5.20. The van der Waals surface area contributed by atoms with E-state index in [9.17, 15) is 4.79 Å². The van der Waals surface area contributed by atoms with Crippen LogP contribution in [0.1, 0.15) is 12.8 Å². The third-order valence-electron chi connectivity index (χ3n) is 4.03. The monoisotopic (exact) mass is 174 g/mol. The Hall–Kier alpha value is -0.850. The molecule has 0 aromatic rings. The lowest BCUT2D eigenvalue weighted by molar-refractivity contribution is -0.108. The second-order valence-corrected chi connectivity index (χ2v) is 4.55. The normalized spacial score (nSPS) is 50.0. The van der Waals surface area contributed by atoms with Crippen molar-refractivity contribution in [3.63, 3.8) is 0 Å². The van der Waals surface area contributed by atoms with Crippen molar-refractivity contribution in [3.8, 4) is 0 Å². The van der Waals surface area contributed by atoms with E-state index in [-0.39, 0.29) is 0 Å². The van der Waals surface area contributed by atoms with Crippen LogP contribution in [0.15, 0.2) is 24.3 Å². The first-order valence-corrected chi connectivity index (χ1v) is 5.20. The Bertz CT molecular complexity index is 289. The predicted octanol–water partition coefficient (Wildman–Crippen LogP) is 2.20. The van der Waals surface area contributed by atoms with Crippen molar-refractivity contribution in [2.45, 2.75) is 12.8 Å². The van der Waals surface area contributed by atoms with Crippen LogP contribution in [0.4, 0.5) is 0 Å². The van der Waals surface area contributed by atoms with E-state index in [0.29, 0.717) is 5.92 Å². The second kappa shape index (κ2) is 2.57. The van der Waals surface area contributed by atoms with Crippen LogP contribution in [-0.2, 0) is 4.79 Å². The summed E-state index contributed by atoms with van der Waals surface area (Å²) in [5.74, 6) is 3.64. The van der Waals surface area contributed by atoms with E-state index in [1.807, 2.05) is 0 Å². The van der Waals surface area contributed by atoms with Crippen molar-refractivity contribution in [1.29, 1.82) is 0 Å². The molecule has 0 spiro atoms. The number of allylic oxidation sites excluding steroid dienone is 4. The molecule has 0 aromatic carbocycles. The molecule has 0 aromatic heterocycles. The topological polar surface area (TPSA) is 17.1 Å². The molecule has 1 nitrogen and oxygen atoms in total. The Kier molecular flexibility index (Phi) is 1.49. The van der Waals surface area contributed by atoms with Crippen LogP contribution < -0.4 is 0 Å². The van der Waals surface area contributed by atoms with Gasteiger partial charge in [0, 0.05) is 6.42 Å². The van der Waals surface area contributed by atoms with Gasteiger partial charge in [0.05, 0.1) is 0 Å². The van der Waals surface area contributed by atoms with Crippen molar-refractivity contribution >= 4 is 6.29 Å². The lowest BCUT2D eigenvalue weighted by Crippen LogP contribution is -2.20. The zero-order valence-corrected chi connectivity index (χ0v) is 7.60. The standard InChI is InChI=1S/C12H14O/c13-6-5-8-3-4-11-9-1-2-10(7-9)12(8)11/h1-4,6,8-12H,5,7H2/t8-,9+,10-,11-,12+/m1/s1. The van der Waals surface area contributed by atoms with Crippen LogP contribution in [0.3, 0.4) is 0 Å². The number of hydrogen-bond donors (Lipinski definition) is 0. The summed E-state index contributed by atoms with van der Waals surface area (Å²) in [4.78, 5) is 10.5. The quantitative estimate of drug-likeness (QED) is 0.463. The van der Waals surface area contributed by atoms with Gasteiger partial charge in [-0.15, -0.1) is 0 Å². The van der Waals surface area contributed by atoms with E-state index in [2.05, 4.69) is 24.3 Å². The van der Waals surface area contributed by atoms with Crippen molar-refractivity contribution < 1.29 is 4.79 Å². The number of aldehydes is 1. The zero-order chi connectivity index (χ0) is 8.84. The lowest BCUT2D eigenvalue weighted by atomic mass is 9.79. The number of rotatable bonds is 2. The Morgan fingerprint density at radius 2 is 2.00 bits per heavy atom. The lowest BCUT2D eigenvalue weighted by Gasteiger charge is -2.24. The van der Waals surface area contributed by atoms with Gasteiger partial charge in [-0.3, -0.25) is 0 Å². The highest BCUT2D eigenvalue weighted by Gasteiger charge is 2.48. The van der Waals surface area contributed by atoms with Gasteiger partial charge in [0.1, 0.15) is 6.29 Å². The molecule has 0 aliphatic heterocycles. The fraction of sp³-hybridized carbons (Fsp3) is 0.583. The second-order valence-electron chi connectivity index (χ2n) is 4.55. The molecule has 2 bridgehead atoms. The van der Waals surface area contributed by atoms with Crippen LogP contribution in [0.5, 0.6) is 0 Å². The first kappa shape index (κ1) is 7.54. The Morgan fingerprint density at radius 1 is 1.15 bits per heavy atom. The number of hydrogen-bond acceptors (Lipinski definition) is 1. The van der Waals surface area contributed by atoms with Gasteiger partial charge in [-0.1, -0.05) is 24.3 Å². The van der Waals surface area contributed by atoms with Crippen LogP contribution in [0, 0.1) is 29.6 Å². The molecule has 0 N–H and O–H groups in total. The van der Waals surface area contributed by atoms with Crippen molar-refractivity contribution in [3.05, 3.63) is 24.3 Å². The molecule has 3 rings (SSSR count). The fourth-order valence-corrected chi connectivity index (χ4v) is 3.52. The van der Waals surface area contributed by atoms with E-state index >= 15 is 0 Å². The predicted molar refractivity (Wildman–Crippen MR) is 51.0 cm³/mol. The molecule has 13 heavy (non-hydrogen) atoms. The average Bonchev–Trinajstić information content (AvgIpc) is 2.74. The molecular formula is C12H14O. The van der Waals surface area contributed by atoms with Gasteiger partial charge in [-0.05, 0) is 36.0 Å². The molecule has 0 heterocycles. The number of carbonyl (C=O) groups is 1. The van der Waals surface area contributed by atoms with Gasteiger partial charge in [0.25, 0.3) is 0 Å². The highest BCUT2D eigenvalue weighted by atomic mass is 16.1. The molecule has 3 aliphatic carbocycles. The highest BCUT2D eigenvalue weighted by molar-refractivity contribution is 5.51. The van der Waals surface area contributed by atoms with Gasteiger partial charge < -0.3 is 4.79 Å². The summed E-state index contributed by atoms with van der Waals surface area (Å²) < 4.78 is 0. The van der Waals surface area contributed by atoms with Crippen LogP contribution in [-0.4, -0.2) is 6.29 Å². The minimum absolute atomic E-state index is 0.544. The van der Waals surface area contributed by atoms with Crippen molar-refractivity contribution in [2.75, 3.05) is 0 Å². The molecular weight excluding hydrogens is 160 g/mol. The maximum atomic E-state index is 10.5. The third-order valence-corrected chi connectivity index (χ3v) is 4.03. The summed E-state index contributed by atoms with van der Waals surface area (Å²) in [6.45, 7) is 0. The van der Waals surface area contributed by atoms with Crippen LogP contribution in [0.25, 0.3) is 0 Å². The number of fused-ring (bicyclic) bond motifs is 5. The molecule has 3 aliphatic rings. The zero-order valence-electron chi connectivity index (χ0n) is 7.60. The SMILES string of the molecule is O=CC[C@H]1C=C[C@H]2[C@@H]1[C@@H]1C=C[C@H]2C1. The molecule has 1 heteroatoms. The minimum Gasteiger partial charge on any atom is -0.303 e. The molecule has 68 valence electrons. The fourth-order valence-electron chi connectivity index (χ4n) is 3.52. The van der Waals surface area contributed by atoms with E-state index < -0.39 is 0 Å². The maximum Gasteiger partial charge on any atom is 0.120 e. The summed E-state index contributed by atoms with van der Waals surface area (Å²) in [5.41, 5.74) is 0. The summed E-state index contributed by atoms with van der Waals surface area (Å²) in [7, 11) is 0. The number of carbonyl (C=O) groups excluding carboxylic acids is 1. The summed E-state index contributed by atoms with van der Waals surface area (Å²) in [5, 5.41) is 0. The molecule has 0 unspecified atom stereocenters. The van der Waals surface area contributed by atoms with E-state index in [4.69, 9.17) is 0 Å². The van der Waals surface area contributed by atoms with Crippen molar-refractivity contribution in [1.82, 2.24) is 0 Å². The van der Waals surface area contributed by atoms with Gasteiger partial charge in [-0.2, -0.15) is 0 Å². The van der Waals surface area contributed by atoms with Crippen LogP contribution >= 0.6 is 0 Å². The maximum absolute atomic E-state index is 10.5. The van der Waals surface area contributed by atoms with E-state index in [1.165, 1.54) is 6.42 Å². The van der Waals surface area contributed by atoms with Crippen molar-refractivity contribution in [2.24, 2.45) is 29.6 Å². The smallest absolute Gasteiger partial charge is 0.120 e.